The Morgan fingerprint density at radius 1 is 1.33 bits per heavy atom. The summed E-state index contributed by atoms with van der Waals surface area (Å²) in [6.45, 7) is 10.8. The van der Waals surface area contributed by atoms with Crippen molar-refractivity contribution in [2.24, 2.45) is 5.92 Å². The molecule has 0 radical (unpaired) electrons. The molecule has 1 fully saturated rings. The van der Waals surface area contributed by atoms with Gasteiger partial charge in [-0.1, -0.05) is 6.92 Å². The molecule has 3 nitrogen and oxygen atoms in total. The van der Waals surface area contributed by atoms with Gasteiger partial charge in [0.15, 0.2) is 0 Å². The maximum Gasteiger partial charge on any atom is 0.0593 e. The van der Waals surface area contributed by atoms with Crippen LogP contribution < -0.4 is 5.32 Å². The fraction of sp³-hybridized carbons (Fsp3) is 1.00. The van der Waals surface area contributed by atoms with Gasteiger partial charge in [0.05, 0.1) is 6.61 Å². The Balaban J connectivity index is 2.01. The van der Waals surface area contributed by atoms with Gasteiger partial charge >= 0.3 is 0 Å². The summed E-state index contributed by atoms with van der Waals surface area (Å²) in [6.07, 6.45) is 5.18. The summed E-state index contributed by atoms with van der Waals surface area (Å²) in [6, 6.07) is 1.23. The molecule has 2 atom stereocenters. The van der Waals surface area contributed by atoms with Gasteiger partial charge in [0.25, 0.3) is 0 Å². The van der Waals surface area contributed by atoms with Crippen LogP contribution in [-0.4, -0.2) is 50.3 Å². The van der Waals surface area contributed by atoms with Gasteiger partial charge in [-0.2, -0.15) is 0 Å². The monoisotopic (exact) mass is 256 g/mol. The molecule has 1 N–H and O–H groups in total. The first-order valence-corrected chi connectivity index (χ1v) is 7.64. The molecule has 2 unspecified atom stereocenters. The molecule has 0 aromatic rings. The second kappa shape index (κ2) is 8.89. The Morgan fingerprint density at radius 2 is 2.06 bits per heavy atom. The fourth-order valence-corrected chi connectivity index (χ4v) is 2.13. The van der Waals surface area contributed by atoms with Gasteiger partial charge in [-0.05, 0) is 59.0 Å². The predicted molar refractivity (Wildman–Crippen MR) is 78.0 cm³/mol. The lowest BCUT2D eigenvalue weighted by atomic mass is 10.1. The summed E-state index contributed by atoms with van der Waals surface area (Å²) >= 11 is 0. The van der Waals surface area contributed by atoms with E-state index in [9.17, 15) is 0 Å². The average molecular weight is 256 g/mol. The minimum absolute atomic E-state index is 0.606. The highest BCUT2D eigenvalue weighted by molar-refractivity contribution is 4.73. The number of hydrogen-bond donors (Lipinski definition) is 1. The molecule has 0 aromatic heterocycles. The third kappa shape index (κ3) is 7.34. The van der Waals surface area contributed by atoms with Crippen LogP contribution in [0.15, 0.2) is 0 Å². The van der Waals surface area contributed by atoms with Crippen LogP contribution >= 0.6 is 0 Å². The maximum atomic E-state index is 5.69. The van der Waals surface area contributed by atoms with Crippen LogP contribution in [0.5, 0.6) is 0 Å². The zero-order chi connectivity index (χ0) is 13.4. The molecule has 0 saturated heterocycles. The Bertz CT molecular complexity index is 207. The minimum Gasteiger partial charge on any atom is -0.380 e. The molecule has 1 aliphatic rings. The summed E-state index contributed by atoms with van der Waals surface area (Å²) < 4.78 is 5.69. The van der Waals surface area contributed by atoms with Crippen molar-refractivity contribution in [3.8, 4) is 0 Å². The summed E-state index contributed by atoms with van der Waals surface area (Å²) in [5, 5.41) is 3.55. The summed E-state index contributed by atoms with van der Waals surface area (Å²) in [7, 11) is 2.21. The van der Waals surface area contributed by atoms with Gasteiger partial charge in [0, 0.05) is 25.2 Å². The van der Waals surface area contributed by atoms with E-state index in [-0.39, 0.29) is 0 Å². The number of nitrogens with zero attached hydrogens (tertiary/aromatic N) is 1. The van der Waals surface area contributed by atoms with Crippen molar-refractivity contribution in [1.29, 1.82) is 0 Å². The number of nitrogens with one attached hydrogen (secondary N) is 1. The van der Waals surface area contributed by atoms with Crippen molar-refractivity contribution in [3.05, 3.63) is 0 Å². The van der Waals surface area contributed by atoms with E-state index < -0.39 is 0 Å². The average Bonchev–Trinajstić information content (AvgIpc) is 3.15. The second-order valence-corrected chi connectivity index (χ2v) is 5.94. The third-order valence-electron chi connectivity index (χ3n) is 3.83. The van der Waals surface area contributed by atoms with Gasteiger partial charge in [0.2, 0.25) is 0 Å². The Labute approximate surface area is 113 Å². The molecule has 3 heteroatoms. The van der Waals surface area contributed by atoms with Crippen LogP contribution in [0.4, 0.5) is 0 Å². The number of likely N-dealkylation sites (N-methyl/N-ethyl adjacent to an activating group) is 1. The molecule has 0 bridgehead atoms. The van der Waals surface area contributed by atoms with Crippen molar-refractivity contribution in [3.63, 3.8) is 0 Å². The van der Waals surface area contributed by atoms with Gasteiger partial charge in [-0.3, -0.25) is 0 Å². The molecular weight excluding hydrogens is 224 g/mol. The number of hydrogen-bond acceptors (Lipinski definition) is 3. The molecule has 0 aromatic carbocycles. The molecule has 0 amide bonds. The van der Waals surface area contributed by atoms with E-state index in [1.807, 2.05) is 0 Å². The lowest BCUT2D eigenvalue weighted by Gasteiger charge is -2.27. The van der Waals surface area contributed by atoms with Crippen molar-refractivity contribution in [2.75, 3.05) is 33.4 Å². The van der Waals surface area contributed by atoms with Crippen LogP contribution in [0.25, 0.3) is 0 Å². The summed E-state index contributed by atoms with van der Waals surface area (Å²) in [5.41, 5.74) is 0. The SMILES string of the molecule is CCCNC(C)CC(C)N(C)CCOCC1CC1. The summed E-state index contributed by atoms with van der Waals surface area (Å²) in [5.74, 6) is 0.881. The standard InChI is InChI=1S/C15H32N2O/c1-5-8-16-13(2)11-14(3)17(4)9-10-18-12-15-6-7-15/h13-16H,5-12H2,1-4H3. The van der Waals surface area contributed by atoms with Crippen LogP contribution in [-0.2, 0) is 4.74 Å². The molecule has 108 valence electrons. The molecule has 1 aliphatic carbocycles. The van der Waals surface area contributed by atoms with E-state index in [1.54, 1.807) is 0 Å². The molecule has 1 saturated carbocycles. The quantitative estimate of drug-likeness (QED) is 0.575. The normalized spacial score (nSPS) is 19.2. The largest absolute Gasteiger partial charge is 0.380 e. The van der Waals surface area contributed by atoms with E-state index in [0.717, 1.165) is 32.2 Å². The lowest BCUT2D eigenvalue weighted by Crippen LogP contribution is -2.38. The third-order valence-corrected chi connectivity index (χ3v) is 3.83. The van der Waals surface area contributed by atoms with Crippen molar-refractivity contribution in [1.82, 2.24) is 10.2 Å². The highest BCUT2D eigenvalue weighted by Gasteiger charge is 2.21. The van der Waals surface area contributed by atoms with Crippen LogP contribution in [0, 0.1) is 5.92 Å². The topological polar surface area (TPSA) is 24.5 Å². The van der Waals surface area contributed by atoms with Crippen molar-refractivity contribution in [2.45, 2.75) is 58.5 Å². The van der Waals surface area contributed by atoms with Crippen molar-refractivity contribution < 1.29 is 4.74 Å². The van der Waals surface area contributed by atoms with E-state index in [1.165, 1.54) is 25.7 Å². The highest BCUT2D eigenvalue weighted by Crippen LogP contribution is 2.28. The molecule has 0 heterocycles. The maximum absolute atomic E-state index is 5.69. The van der Waals surface area contributed by atoms with E-state index >= 15 is 0 Å². The predicted octanol–water partition coefficient (Wildman–Crippen LogP) is 2.51. The smallest absolute Gasteiger partial charge is 0.0593 e. The number of ether oxygens (including phenoxy) is 1. The van der Waals surface area contributed by atoms with Gasteiger partial charge in [-0.25, -0.2) is 0 Å². The van der Waals surface area contributed by atoms with Crippen molar-refractivity contribution >= 4 is 0 Å². The Kier molecular flexibility index (Phi) is 7.87. The van der Waals surface area contributed by atoms with Crippen LogP contribution in [0.3, 0.4) is 0 Å². The molecule has 0 spiro atoms. The summed E-state index contributed by atoms with van der Waals surface area (Å²) in [4.78, 5) is 2.41. The van der Waals surface area contributed by atoms with E-state index in [2.05, 4.69) is 38.0 Å². The molecule has 18 heavy (non-hydrogen) atoms. The zero-order valence-corrected chi connectivity index (χ0v) is 12.7. The fourth-order valence-electron chi connectivity index (χ4n) is 2.13. The first-order valence-electron chi connectivity index (χ1n) is 7.64. The minimum atomic E-state index is 0.606. The van der Waals surface area contributed by atoms with E-state index in [4.69, 9.17) is 4.74 Å². The van der Waals surface area contributed by atoms with Gasteiger partial charge < -0.3 is 15.0 Å². The Morgan fingerprint density at radius 3 is 2.67 bits per heavy atom. The molecular formula is C15H32N2O. The number of rotatable bonds is 11. The zero-order valence-electron chi connectivity index (χ0n) is 12.7. The second-order valence-electron chi connectivity index (χ2n) is 5.94. The van der Waals surface area contributed by atoms with Crippen LogP contribution in [0.1, 0.15) is 46.5 Å². The van der Waals surface area contributed by atoms with Gasteiger partial charge in [0.1, 0.15) is 0 Å². The van der Waals surface area contributed by atoms with Crippen LogP contribution in [0.2, 0.25) is 0 Å². The lowest BCUT2D eigenvalue weighted by molar-refractivity contribution is 0.0909. The molecule has 0 aliphatic heterocycles. The van der Waals surface area contributed by atoms with Gasteiger partial charge in [-0.15, -0.1) is 0 Å². The Hall–Kier alpha value is -0.120. The first-order chi connectivity index (χ1) is 8.63. The first kappa shape index (κ1) is 15.9. The van der Waals surface area contributed by atoms with E-state index in [0.29, 0.717) is 12.1 Å². The highest BCUT2D eigenvalue weighted by atomic mass is 16.5. The molecule has 1 rings (SSSR count).